The molecule has 51 valence electrons. The second-order valence-electron chi connectivity index (χ2n) is 1.76. The fraction of sp³-hybridized carbons (Fsp3) is 0.333. The van der Waals surface area contributed by atoms with Gasteiger partial charge in [-0.2, -0.15) is 5.26 Å². The van der Waals surface area contributed by atoms with Gasteiger partial charge in [-0.1, -0.05) is 0 Å². The highest BCUT2D eigenvalue weighted by molar-refractivity contribution is 5.72. The van der Waals surface area contributed by atoms with Crippen molar-refractivity contribution >= 4 is 6.09 Å². The zero-order chi connectivity index (χ0) is 7.56. The minimum Gasteiger partial charge on any atom is -0.447 e. The van der Waals surface area contributed by atoms with Crippen LogP contribution >= 0.6 is 0 Å². The summed E-state index contributed by atoms with van der Waals surface area (Å²) in [6.45, 7) is 5.83. The van der Waals surface area contributed by atoms with Gasteiger partial charge in [0.25, 0.3) is 0 Å². The minimum absolute atomic E-state index is 0.109. The molecule has 1 radical (unpaired) electrons. The van der Waals surface area contributed by atoms with E-state index in [1.807, 2.05) is 0 Å². The Kier molecular flexibility index (Phi) is 1.59. The highest BCUT2D eigenvalue weighted by Crippen LogP contribution is 2.08. The van der Waals surface area contributed by atoms with Crippen molar-refractivity contribution in [3.8, 4) is 6.07 Å². The van der Waals surface area contributed by atoms with Crippen LogP contribution in [0, 0.1) is 17.9 Å². The first-order valence-corrected chi connectivity index (χ1v) is 2.72. The molecule has 0 aliphatic carbocycles. The van der Waals surface area contributed by atoms with Crippen LogP contribution in [0.3, 0.4) is 0 Å². The van der Waals surface area contributed by atoms with Crippen molar-refractivity contribution < 1.29 is 9.53 Å². The molecule has 1 amide bonds. The fourth-order valence-electron chi connectivity index (χ4n) is 0.673. The number of nitriles is 1. The molecule has 1 rings (SSSR count). The number of amides is 1. The molecule has 4 nitrogen and oxygen atoms in total. The summed E-state index contributed by atoms with van der Waals surface area (Å²) in [6, 6.07) is 1.66. The van der Waals surface area contributed by atoms with Crippen molar-refractivity contribution in [3.63, 3.8) is 0 Å². The van der Waals surface area contributed by atoms with Crippen molar-refractivity contribution in [2.45, 2.75) is 0 Å². The van der Waals surface area contributed by atoms with Crippen LogP contribution in [0.5, 0.6) is 0 Å². The van der Waals surface area contributed by atoms with Gasteiger partial charge >= 0.3 is 6.09 Å². The molecular formula is C6H5N2O2. The van der Waals surface area contributed by atoms with Crippen molar-refractivity contribution in [1.29, 1.82) is 5.26 Å². The summed E-state index contributed by atoms with van der Waals surface area (Å²) in [7, 11) is 0. The third-order valence-corrected chi connectivity index (χ3v) is 1.17. The molecular weight excluding hydrogens is 132 g/mol. The number of carbonyl (C=O) groups excluding carboxylic acids is 1. The van der Waals surface area contributed by atoms with E-state index < -0.39 is 6.09 Å². The predicted molar refractivity (Wildman–Crippen MR) is 31.5 cm³/mol. The molecule has 0 atom stereocenters. The van der Waals surface area contributed by atoms with Gasteiger partial charge in [-0.25, -0.2) is 4.79 Å². The number of nitrogens with zero attached hydrogens (tertiary/aromatic N) is 2. The van der Waals surface area contributed by atoms with Crippen LogP contribution in [-0.2, 0) is 4.74 Å². The molecule has 0 aromatic heterocycles. The van der Waals surface area contributed by atoms with Gasteiger partial charge in [-0.15, -0.1) is 0 Å². The zero-order valence-electron chi connectivity index (χ0n) is 5.20. The number of allylic oxidation sites excluding steroid dienone is 1. The predicted octanol–water partition coefficient (Wildman–Crippen LogP) is 0.279. The first-order chi connectivity index (χ1) is 4.75. The number of carbonyl (C=O) groups is 1. The normalized spacial score (nSPS) is 16.3. The monoisotopic (exact) mass is 137 g/mol. The van der Waals surface area contributed by atoms with E-state index in [1.165, 1.54) is 0 Å². The molecule has 1 heterocycles. The van der Waals surface area contributed by atoms with Crippen LogP contribution in [0.15, 0.2) is 5.70 Å². The molecule has 4 heteroatoms. The summed E-state index contributed by atoms with van der Waals surface area (Å²) in [5.74, 6) is 0. The molecule has 0 unspecified atom stereocenters. The quantitative estimate of drug-likeness (QED) is 0.488. The van der Waals surface area contributed by atoms with Gasteiger partial charge in [0.15, 0.2) is 0 Å². The summed E-state index contributed by atoms with van der Waals surface area (Å²) in [5, 5.41) is 8.25. The van der Waals surface area contributed by atoms with Crippen LogP contribution in [0.1, 0.15) is 0 Å². The third-order valence-electron chi connectivity index (χ3n) is 1.17. The average molecular weight is 137 g/mol. The first-order valence-electron chi connectivity index (χ1n) is 2.72. The Bertz CT molecular complexity index is 216. The Morgan fingerprint density at radius 1 is 1.90 bits per heavy atom. The minimum atomic E-state index is -0.543. The van der Waals surface area contributed by atoms with Crippen LogP contribution in [0.25, 0.3) is 0 Å². The summed E-state index contributed by atoms with van der Waals surface area (Å²) < 4.78 is 4.52. The molecule has 0 N–H and O–H groups in total. The Morgan fingerprint density at radius 3 is 3.00 bits per heavy atom. The summed E-state index contributed by atoms with van der Waals surface area (Å²) in [4.78, 5) is 11.7. The molecule has 0 aromatic carbocycles. The zero-order valence-corrected chi connectivity index (χ0v) is 5.20. The molecule has 1 aliphatic heterocycles. The van der Waals surface area contributed by atoms with Gasteiger partial charge in [0.1, 0.15) is 18.4 Å². The SMILES string of the molecule is [CH]=C(C#N)N1CCOC1=O. The smallest absolute Gasteiger partial charge is 0.415 e. The van der Waals surface area contributed by atoms with Crippen LogP contribution in [0.4, 0.5) is 4.79 Å². The van der Waals surface area contributed by atoms with Crippen molar-refractivity contribution in [2.24, 2.45) is 0 Å². The Labute approximate surface area is 58.3 Å². The van der Waals surface area contributed by atoms with E-state index in [0.29, 0.717) is 13.2 Å². The van der Waals surface area contributed by atoms with Gasteiger partial charge in [0.2, 0.25) is 0 Å². The van der Waals surface area contributed by atoms with Crippen molar-refractivity contribution in [1.82, 2.24) is 4.90 Å². The summed E-state index contributed by atoms with van der Waals surface area (Å²) >= 11 is 0. The highest BCUT2D eigenvalue weighted by atomic mass is 16.6. The second kappa shape index (κ2) is 2.40. The van der Waals surface area contributed by atoms with Gasteiger partial charge in [-0.05, 0) is 6.58 Å². The van der Waals surface area contributed by atoms with E-state index in [4.69, 9.17) is 11.8 Å². The van der Waals surface area contributed by atoms with E-state index in [9.17, 15) is 4.79 Å². The molecule has 0 bridgehead atoms. The van der Waals surface area contributed by atoms with Gasteiger partial charge in [0.05, 0.1) is 6.54 Å². The van der Waals surface area contributed by atoms with Gasteiger partial charge < -0.3 is 4.74 Å². The number of ether oxygens (including phenoxy) is 1. The lowest BCUT2D eigenvalue weighted by molar-refractivity contribution is 0.165. The fourth-order valence-corrected chi connectivity index (χ4v) is 0.673. The van der Waals surface area contributed by atoms with E-state index in [1.54, 1.807) is 6.07 Å². The third kappa shape index (κ3) is 0.935. The van der Waals surface area contributed by atoms with Gasteiger partial charge in [-0.3, -0.25) is 4.90 Å². The molecule has 1 aliphatic rings. The number of cyclic esters (lactones) is 1. The largest absolute Gasteiger partial charge is 0.447 e. The van der Waals surface area contributed by atoms with E-state index in [2.05, 4.69) is 4.74 Å². The van der Waals surface area contributed by atoms with E-state index in [-0.39, 0.29) is 5.70 Å². The standard InChI is InChI=1S/C6H5N2O2/c1-5(4-7)8-2-3-10-6(8)9/h1H,2-3H2. The maximum Gasteiger partial charge on any atom is 0.415 e. The topological polar surface area (TPSA) is 53.3 Å². The van der Waals surface area contributed by atoms with Crippen LogP contribution in [-0.4, -0.2) is 24.1 Å². The highest BCUT2D eigenvalue weighted by Gasteiger charge is 2.23. The summed E-state index contributed by atoms with van der Waals surface area (Å²) in [6.07, 6.45) is -0.543. The molecule has 10 heavy (non-hydrogen) atoms. The van der Waals surface area contributed by atoms with Crippen LogP contribution in [0.2, 0.25) is 0 Å². The number of rotatable bonds is 1. The molecule has 1 fully saturated rings. The Hall–Kier alpha value is -1.50. The lowest BCUT2D eigenvalue weighted by atomic mass is 10.5. The van der Waals surface area contributed by atoms with E-state index in [0.717, 1.165) is 4.90 Å². The number of hydrogen-bond donors (Lipinski definition) is 0. The van der Waals surface area contributed by atoms with Crippen LogP contribution < -0.4 is 0 Å². The van der Waals surface area contributed by atoms with Gasteiger partial charge in [0, 0.05) is 0 Å². The lowest BCUT2D eigenvalue weighted by Gasteiger charge is -2.06. The van der Waals surface area contributed by atoms with E-state index >= 15 is 0 Å². The molecule has 0 saturated carbocycles. The Morgan fingerprint density at radius 2 is 2.60 bits per heavy atom. The van der Waals surface area contributed by atoms with Crippen molar-refractivity contribution in [3.05, 3.63) is 12.3 Å². The maximum absolute atomic E-state index is 10.6. The molecule has 0 spiro atoms. The van der Waals surface area contributed by atoms with Crippen molar-refractivity contribution in [2.75, 3.05) is 13.2 Å². The number of hydrogen-bond acceptors (Lipinski definition) is 3. The second-order valence-corrected chi connectivity index (χ2v) is 1.76. The maximum atomic E-state index is 10.6. The molecule has 1 saturated heterocycles. The first kappa shape index (κ1) is 6.62. The lowest BCUT2D eigenvalue weighted by Crippen LogP contribution is -2.21. The Balaban J connectivity index is 2.66. The molecule has 0 aromatic rings. The average Bonchev–Trinajstić information content (AvgIpc) is 2.34. The summed E-state index contributed by atoms with van der Waals surface area (Å²) in [5.41, 5.74) is -0.109.